The van der Waals surface area contributed by atoms with Crippen molar-refractivity contribution in [1.29, 1.82) is 0 Å². The van der Waals surface area contributed by atoms with Gasteiger partial charge in [-0.15, -0.1) is 5.10 Å². The molecule has 2 aromatic carbocycles. The fraction of sp³-hybridized carbons (Fsp3) is 0.276. The number of rotatable bonds is 7. The minimum absolute atomic E-state index is 0.188. The number of nitrogens with one attached hydrogen (secondary N) is 1. The summed E-state index contributed by atoms with van der Waals surface area (Å²) in [6.07, 6.45) is 3.58. The molecule has 0 saturated carbocycles. The monoisotopic (exact) mass is 527 g/mol. The highest BCUT2D eigenvalue weighted by Gasteiger charge is 2.34. The highest BCUT2D eigenvalue weighted by Crippen LogP contribution is 2.33. The van der Waals surface area contributed by atoms with Crippen LogP contribution in [0.1, 0.15) is 54.9 Å². The molecule has 5 aromatic rings. The standard InChI is InChI=1S/C29H30ClN7O/c1-19-11-12-21-15-23(28(38)32-25(21)14-19)26(27-33-34-35-37(27)29(2,3)4)36(17-20-8-7-13-31-16-20)18-22-9-5-6-10-24(22)30/h5-16,26H,17-18H2,1-4H3,(H,32,38)/t26-/m0/s1. The van der Waals surface area contributed by atoms with E-state index in [0.29, 0.717) is 29.5 Å². The Kier molecular flexibility index (Phi) is 7.10. The van der Waals surface area contributed by atoms with Crippen molar-refractivity contribution < 1.29 is 0 Å². The van der Waals surface area contributed by atoms with Crippen molar-refractivity contribution in [3.05, 3.63) is 117 Å². The summed E-state index contributed by atoms with van der Waals surface area (Å²) >= 11 is 6.62. The van der Waals surface area contributed by atoms with E-state index in [1.807, 2.05) is 94.6 Å². The number of benzene rings is 2. The van der Waals surface area contributed by atoms with Crippen molar-refractivity contribution in [1.82, 2.24) is 35.1 Å². The summed E-state index contributed by atoms with van der Waals surface area (Å²) in [5.74, 6) is 0.574. The Bertz CT molecular complexity index is 1620. The first-order chi connectivity index (χ1) is 18.2. The second kappa shape index (κ2) is 10.5. The van der Waals surface area contributed by atoms with Crippen molar-refractivity contribution >= 4 is 22.5 Å². The molecule has 0 fully saturated rings. The molecule has 1 atom stereocenters. The summed E-state index contributed by atoms with van der Waals surface area (Å²) < 4.78 is 1.79. The molecule has 0 saturated heterocycles. The largest absolute Gasteiger partial charge is 0.322 e. The van der Waals surface area contributed by atoms with Gasteiger partial charge in [0.15, 0.2) is 5.82 Å². The lowest BCUT2D eigenvalue weighted by Gasteiger charge is -2.33. The van der Waals surface area contributed by atoms with Crippen LogP contribution in [0.15, 0.2) is 77.9 Å². The van der Waals surface area contributed by atoms with Crippen molar-refractivity contribution in [2.45, 2.75) is 52.4 Å². The molecule has 5 rings (SSSR count). The first-order valence-electron chi connectivity index (χ1n) is 12.5. The number of aromatic nitrogens is 6. The van der Waals surface area contributed by atoms with Crippen LogP contribution in [0.4, 0.5) is 0 Å². The predicted octanol–water partition coefficient (Wildman–Crippen LogP) is 5.42. The van der Waals surface area contributed by atoms with Crippen molar-refractivity contribution in [2.75, 3.05) is 0 Å². The maximum atomic E-state index is 13.7. The van der Waals surface area contributed by atoms with E-state index in [0.717, 1.165) is 27.6 Å². The minimum Gasteiger partial charge on any atom is -0.322 e. The first kappa shape index (κ1) is 25.8. The number of H-pyrrole nitrogens is 1. The van der Waals surface area contributed by atoms with Crippen LogP contribution in [-0.4, -0.2) is 35.1 Å². The van der Waals surface area contributed by atoms with Crippen LogP contribution in [0, 0.1) is 6.92 Å². The van der Waals surface area contributed by atoms with E-state index in [1.54, 1.807) is 10.9 Å². The number of nitrogens with zero attached hydrogens (tertiary/aromatic N) is 6. The average Bonchev–Trinajstić information content (AvgIpc) is 3.37. The van der Waals surface area contributed by atoms with E-state index >= 15 is 0 Å². The molecular formula is C29H30ClN7O. The van der Waals surface area contributed by atoms with Gasteiger partial charge in [-0.25, -0.2) is 4.68 Å². The van der Waals surface area contributed by atoms with Gasteiger partial charge in [-0.3, -0.25) is 14.7 Å². The van der Waals surface area contributed by atoms with Gasteiger partial charge in [0.2, 0.25) is 0 Å². The van der Waals surface area contributed by atoms with Crippen LogP contribution in [0.5, 0.6) is 0 Å². The third-order valence-corrected chi connectivity index (χ3v) is 6.87. The van der Waals surface area contributed by atoms with Gasteiger partial charge in [-0.05, 0) is 84.5 Å². The van der Waals surface area contributed by atoms with Gasteiger partial charge in [0, 0.05) is 41.6 Å². The minimum atomic E-state index is -0.574. The maximum absolute atomic E-state index is 13.7. The Morgan fingerprint density at radius 1 is 1.05 bits per heavy atom. The van der Waals surface area contributed by atoms with Gasteiger partial charge in [-0.1, -0.05) is 48.0 Å². The Morgan fingerprint density at radius 3 is 2.61 bits per heavy atom. The normalized spacial score (nSPS) is 12.8. The molecule has 0 unspecified atom stereocenters. The number of hydrogen-bond donors (Lipinski definition) is 1. The van der Waals surface area contributed by atoms with Gasteiger partial charge in [-0.2, -0.15) is 0 Å². The van der Waals surface area contributed by atoms with Crippen molar-refractivity contribution in [3.63, 3.8) is 0 Å². The number of pyridine rings is 2. The lowest BCUT2D eigenvalue weighted by Crippen LogP contribution is -2.37. The van der Waals surface area contributed by atoms with Gasteiger partial charge >= 0.3 is 0 Å². The molecule has 3 heterocycles. The summed E-state index contributed by atoms with van der Waals surface area (Å²) in [6, 6.07) is 19.1. The highest BCUT2D eigenvalue weighted by atomic mass is 35.5. The molecule has 3 aromatic heterocycles. The number of aryl methyl sites for hydroxylation is 1. The predicted molar refractivity (Wildman–Crippen MR) is 149 cm³/mol. The topological polar surface area (TPSA) is 92.6 Å². The van der Waals surface area contributed by atoms with E-state index in [9.17, 15) is 4.79 Å². The van der Waals surface area contributed by atoms with Gasteiger partial charge < -0.3 is 4.98 Å². The summed E-state index contributed by atoms with van der Waals surface area (Å²) in [7, 11) is 0. The molecule has 8 nitrogen and oxygen atoms in total. The molecule has 0 bridgehead atoms. The number of aromatic amines is 1. The van der Waals surface area contributed by atoms with E-state index in [1.165, 1.54) is 0 Å². The molecule has 9 heteroatoms. The Labute approximate surface area is 226 Å². The molecular weight excluding hydrogens is 498 g/mol. The van der Waals surface area contributed by atoms with E-state index in [-0.39, 0.29) is 5.56 Å². The molecule has 0 aliphatic rings. The van der Waals surface area contributed by atoms with Gasteiger partial charge in [0.05, 0.1) is 5.54 Å². The van der Waals surface area contributed by atoms with Crippen LogP contribution in [0.25, 0.3) is 10.9 Å². The zero-order chi connectivity index (χ0) is 26.9. The summed E-state index contributed by atoms with van der Waals surface area (Å²) in [4.78, 5) is 23.3. The van der Waals surface area contributed by atoms with Crippen LogP contribution < -0.4 is 5.56 Å². The lowest BCUT2D eigenvalue weighted by atomic mass is 10.00. The van der Waals surface area contributed by atoms with E-state index in [4.69, 9.17) is 11.6 Å². The summed E-state index contributed by atoms with van der Waals surface area (Å²) in [6.45, 7) is 9.07. The van der Waals surface area contributed by atoms with Gasteiger partial charge in [0.25, 0.3) is 5.56 Å². The molecule has 0 aliphatic carbocycles. The van der Waals surface area contributed by atoms with Crippen molar-refractivity contribution in [2.24, 2.45) is 0 Å². The number of fused-ring (bicyclic) bond motifs is 1. The number of tetrazole rings is 1. The number of hydrogen-bond acceptors (Lipinski definition) is 6. The summed E-state index contributed by atoms with van der Waals surface area (Å²) in [5.41, 5.74) is 3.74. The fourth-order valence-electron chi connectivity index (χ4n) is 4.69. The molecule has 0 spiro atoms. The Morgan fingerprint density at radius 2 is 1.87 bits per heavy atom. The van der Waals surface area contributed by atoms with Gasteiger partial charge in [0.1, 0.15) is 6.04 Å². The maximum Gasteiger partial charge on any atom is 0.253 e. The smallest absolute Gasteiger partial charge is 0.253 e. The summed E-state index contributed by atoms with van der Waals surface area (Å²) in [5, 5.41) is 14.4. The second-order valence-electron chi connectivity index (χ2n) is 10.5. The SMILES string of the molecule is Cc1ccc2cc([C@@H](c3nnnn3C(C)(C)C)N(Cc3cccnc3)Cc3ccccc3Cl)c(=O)[nH]c2c1. The molecule has 0 aliphatic heterocycles. The third-order valence-electron chi connectivity index (χ3n) is 6.50. The zero-order valence-electron chi connectivity index (χ0n) is 21.9. The van der Waals surface area contributed by atoms with Crippen LogP contribution in [0.3, 0.4) is 0 Å². The van der Waals surface area contributed by atoms with Crippen LogP contribution in [-0.2, 0) is 18.6 Å². The molecule has 0 radical (unpaired) electrons. The van der Waals surface area contributed by atoms with Crippen LogP contribution >= 0.6 is 11.6 Å². The lowest BCUT2D eigenvalue weighted by molar-refractivity contribution is 0.184. The number of halogens is 1. The van der Waals surface area contributed by atoms with Crippen molar-refractivity contribution in [3.8, 4) is 0 Å². The molecule has 1 N–H and O–H groups in total. The molecule has 194 valence electrons. The first-order valence-corrected chi connectivity index (χ1v) is 12.9. The second-order valence-corrected chi connectivity index (χ2v) is 10.9. The fourth-order valence-corrected chi connectivity index (χ4v) is 4.88. The zero-order valence-corrected chi connectivity index (χ0v) is 22.6. The third kappa shape index (κ3) is 5.37. The highest BCUT2D eigenvalue weighted by molar-refractivity contribution is 6.31. The quantitative estimate of drug-likeness (QED) is 0.304. The Balaban J connectivity index is 1.74. The van der Waals surface area contributed by atoms with Crippen LogP contribution in [0.2, 0.25) is 5.02 Å². The average molecular weight is 528 g/mol. The molecule has 38 heavy (non-hydrogen) atoms. The van der Waals surface area contributed by atoms with E-state index < -0.39 is 11.6 Å². The molecule has 0 amide bonds. The van der Waals surface area contributed by atoms with E-state index in [2.05, 4.69) is 30.4 Å². The Hall–Kier alpha value is -3.88.